The molecule has 0 unspecified atom stereocenters. The summed E-state index contributed by atoms with van der Waals surface area (Å²) in [5.74, 6) is -0.502. The Labute approximate surface area is 79.5 Å². The molecule has 0 aromatic heterocycles. The van der Waals surface area contributed by atoms with Crippen LogP contribution in [0.3, 0.4) is 0 Å². The van der Waals surface area contributed by atoms with Gasteiger partial charge < -0.3 is 11.1 Å². The third-order valence-electron chi connectivity index (χ3n) is 1.21. The fourth-order valence-corrected chi connectivity index (χ4v) is 1.02. The molecule has 0 amide bonds. The molecule has 1 aromatic carbocycles. The highest BCUT2D eigenvalue weighted by Crippen LogP contribution is 2.23. The molecule has 0 fully saturated rings. The van der Waals surface area contributed by atoms with Crippen LogP contribution in [0.1, 0.15) is 0 Å². The first-order valence-corrected chi connectivity index (χ1v) is 3.90. The Hall–Kier alpha value is -0.870. The van der Waals surface area contributed by atoms with Gasteiger partial charge in [0, 0.05) is 0 Å². The zero-order chi connectivity index (χ0) is 9.14. The minimum Gasteiger partial charge on any atom is -0.376 e. The van der Waals surface area contributed by atoms with Crippen molar-refractivity contribution in [3.8, 4) is 0 Å². The van der Waals surface area contributed by atoms with Crippen LogP contribution in [0.15, 0.2) is 18.2 Å². The van der Waals surface area contributed by atoms with E-state index in [1.165, 1.54) is 12.1 Å². The second-order valence-electron chi connectivity index (χ2n) is 2.09. The van der Waals surface area contributed by atoms with Crippen molar-refractivity contribution in [2.45, 2.75) is 0 Å². The summed E-state index contributed by atoms with van der Waals surface area (Å²) in [5, 5.41) is 2.60. The average Bonchev–Trinajstić information content (AvgIpc) is 1.98. The van der Waals surface area contributed by atoms with Gasteiger partial charge in [0.05, 0.1) is 10.7 Å². The number of thiocarbonyl (C=S) groups is 1. The van der Waals surface area contributed by atoms with E-state index in [0.717, 1.165) is 0 Å². The number of nitrogens with one attached hydrogen (secondary N) is 1. The number of nitrogens with two attached hydrogens (primary N) is 1. The van der Waals surface area contributed by atoms with Gasteiger partial charge in [-0.1, -0.05) is 17.7 Å². The van der Waals surface area contributed by atoms with Crippen LogP contribution in [-0.4, -0.2) is 5.11 Å². The topological polar surface area (TPSA) is 38.0 Å². The van der Waals surface area contributed by atoms with Gasteiger partial charge in [0.15, 0.2) is 5.11 Å². The minimum absolute atomic E-state index is 0.00898. The highest BCUT2D eigenvalue weighted by atomic mass is 35.5. The maximum Gasteiger partial charge on any atom is 0.168 e. The molecule has 0 aliphatic rings. The highest BCUT2D eigenvalue weighted by Gasteiger charge is 2.04. The van der Waals surface area contributed by atoms with E-state index in [4.69, 9.17) is 17.3 Å². The second-order valence-corrected chi connectivity index (χ2v) is 2.91. The molecule has 2 nitrogen and oxygen atoms in total. The van der Waals surface area contributed by atoms with Crippen LogP contribution < -0.4 is 11.1 Å². The number of hydrogen-bond acceptors (Lipinski definition) is 1. The maximum atomic E-state index is 12.8. The average molecular weight is 205 g/mol. The molecule has 0 aliphatic carbocycles. The predicted molar refractivity (Wildman–Crippen MR) is 51.8 cm³/mol. The third-order valence-corrected chi connectivity index (χ3v) is 1.70. The van der Waals surface area contributed by atoms with Gasteiger partial charge in [-0.3, -0.25) is 0 Å². The minimum atomic E-state index is -0.502. The molecule has 1 rings (SSSR count). The van der Waals surface area contributed by atoms with E-state index in [0.29, 0.717) is 5.69 Å². The SMILES string of the molecule is NC(=S)Nc1cccc(F)c1Cl. The molecule has 0 saturated carbocycles. The lowest BCUT2D eigenvalue weighted by atomic mass is 10.3. The molecule has 64 valence electrons. The molecular weight excluding hydrogens is 199 g/mol. The fraction of sp³-hybridized carbons (Fsp3) is 0. The summed E-state index contributed by atoms with van der Waals surface area (Å²) < 4.78 is 12.8. The Balaban J connectivity index is 3.00. The van der Waals surface area contributed by atoms with Crippen LogP contribution in [0.2, 0.25) is 5.02 Å². The first-order valence-electron chi connectivity index (χ1n) is 3.11. The molecule has 1 aromatic rings. The monoisotopic (exact) mass is 204 g/mol. The Morgan fingerprint density at radius 3 is 2.83 bits per heavy atom. The molecule has 5 heteroatoms. The van der Waals surface area contributed by atoms with Gasteiger partial charge in [-0.2, -0.15) is 0 Å². The van der Waals surface area contributed by atoms with Crippen molar-refractivity contribution in [3.63, 3.8) is 0 Å². The van der Waals surface area contributed by atoms with Crippen LogP contribution in [0, 0.1) is 5.82 Å². The first-order chi connectivity index (χ1) is 5.61. The standard InChI is InChI=1S/C7H6ClFN2S/c8-6-4(9)2-1-3-5(6)11-7(10)12/h1-3H,(H3,10,11,12). The van der Waals surface area contributed by atoms with Crippen molar-refractivity contribution < 1.29 is 4.39 Å². The lowest BCUT2D eigenvalue weighted by Gasteiger charge is -2.05. The quantitative estimate of drug-likeness (QED) is 0.689. The van der Waals surface area contributed by atoms with Crippen molar-refractivity contribution in [3.05, 3.63) is 29.0 Å². The molecule has 0 saturated heterocycles. The predicted octanol–water partition coefficient (Wildman–Crippen LogP) is 2.13. The molecule has 12 heavy (non-hydrogen) atoms. The molecule has 0 spiro atoms. The van der Waals surface area contributed by atoms with Crippen LogP contribution >= 0.6 is 23.8 Å². The van der Waals surface area contributed by atoms with E-state index in [2.05, 4.69) is 17.5 Å². The summed E-state index contributed by atoms with van der Waals surface area (Å²) in [4.78, 5) is 0. The number of anilines is 1. The number of halogens is 2. The van der Waals surface area contributed by atoms with Gasteiger partial charge >= 0.3 is 0 Å². The largest absolute Gasteiger partial charge is 0.376 e. The normalized spacial score (nSPS) is 9.50. The summed E-state index contributed by atoms with van der Waals surface area (Å²) in [7, 11) is 0. The van der Waals surface area contributed by atoms with Gasteiger partial charge in [0.1, 0.15) is 5.82 Å². The number of hydrogen-bond donors (Lipinski definition) is 2. The van der Waals surface area contributed by atoms with E-state index >= 15 is 0 Å². The van der Waals surface area contributed by atoms with E-state index in [9.17, 15) is 4.39 Å². The number of benzene rings is 1. The molecule has 0 aliphatic heterocycles. The van der Waals surface area contributed by atoms with Crippen molar-refractivity contribution >= 4 is 34.6 Å². The second kappa shape index (κ2) is 3.69. The molecule has 0 radical (unpaired) electrons. The van der Waals surface area contributed by atoms with Crippen LogP contribution in [0.5, 0.6) is 0 Å². The van der Waals surface area contributed by atoms with E-state index < -0.39 is 5.82 Å². The molecule has 0 heterocycles. The molecular formula is C7H6ClFN2S. The van der Waals surface area contributed by atoms with Crippen molar-refractivity contribution in [1.82, 2.24) is 0 Å². The lowest BCUT2D eigenvalue weighted by molar-refractivity contribution is 0.629. The fourth-order valence-electron chi connectivity index (χ4n) is 0.733. The maximum absolute atomic E-state index is 12.8. The first kappa shape index (κ1) is 9.22. The Morgan fingerprint density at radius 2 is 2.25 bits per heavy atom. The van der Waals surface area contributed by atoms with E-state index in [1.54, 1.807) is 6.07 Å². The smallest absolute Gasteiger partial charge is 0.168 e. The van der Waals surface area contributed by atoms with Gasteiger partial charge in [0.2, 0.25) is 0 Å². The highest BCUT2D eigenvalue weighted by molar-refractivity contribution is 7.80. The Morgan fingerprint density at radius 1 is 1.58 bits per heavy atom. The summed E-state index contributed by atoms with van der Waals surface area (Å²) in [6.45, 7) is 0. The van der Waals surface area contributed by atoms with Crippen molar-refractivity contribution in [2.24, 2.45) is 5.73 Å². The third kappa shape index (κ3) is 2.06. The van der Waals surface area contributed by atoms with Crippen LogP contribution in [0.4, 0.5) is 10.1 Å². The van der Waals surface area contributed by atoms with Gasteiger partial charge in [-0.25, -0.2) is 4.39 Å². The van der Waals surface area contributed by atoms with Gasteiger partial charge in [-0.05, 0) is 24.4 Å². The summed E-state index contributed by atoms with van der Waals surface area (Å²) >= 11 is 10.2. The van der Waals surface area contributed by atoms with Gasteiger partial charge in [0.25, 0.3) is 0 Å². The molecule has 0 atom stereocenters. The molecule has 0 bridgehead atoms. The zero-order valence-electron chi connectivity index (χ0n) is 5.97. The Kier molecular flexibility index (Phi) is 2.83. The van der Waals surface area contributed by atoms with Crippen molar-refractivity contribution in [1.29, 1.82) is 0 Å². The Bertz CT molecular complexity index is 316. The summed E-state index contributed by atoms with van der Waals surface area (Å²) in [6.07, 6.45) is 0. The summed E-state index contributed by atoms with van der Waals surface area (Å²) in [6, 6.07) is 4.36. The summed E-state index contributed by atoms with van der Waals surface area (Å²) in [5.41, 5.74) is 5.56. The van der Waals surface area contributed by atoms with Crippen LogP contribution in [0.25, 0.3) is 0 Å². The molecule has 3 N–H and O–H groups in total. The van der Waals surface area contributed by atoms with E-state index in [-0.39, 0.29) is 10.1 Å². The lowest BCUT2D eigenvalue weighted by Crippen LogP contribution is -2.19. The van der Waals surface area contributed by atoms with Gasteiger partial charge in [-0.15, -0.1) is 0 Å². The number of rotatable bonds is 1. The van der Waals surface area contributed by atoms with E-state index in [1.807, 2.05) is 0 Å². The van der Waals surface area contributed by atoms with Crippen LogP contribution in [-0.2, 0) is 0 Å². The zero-order valence-corrected chi connectivity index (χ0v) is 7.55. The van der Waals surface area contributed by atoms with Crippen molar-refractivity contribution in [2.75, 3.05) is 5.32 Å².